The van der Waals surface area contributed by atoms with Crippen LogP contribution in [0.4, 0.5) is 4.39 Å². The van der Waals surface area contributed by atoms with Crippen LogP contribution in [0.15, 0.2) is 53.3 Å². The number of aromatic amines is 1. The molecule has 0 unspecified atom stereocenters. The number of hydrogen-bond acceptors (Lipinski definition) is 3. The number of piperidine rings is 1. The zero-order valence-electron chi connectivity index (χ0n) is 14.5. The Hall–Kier alpha value is -2.60. The Morgan fingerprint density at radius 3 is 2.73 bits per heavy atom. The lowest BCUT2D eigenvalue weighted by atomic mass is 10.0. The van der Waals surface area contributed by atoms with E-state index in [9.17, 15) is 9.18 Å². The lowest BCUT2D eigenvalue weighted by Crippen LogP contribution is -2.38. The molecule has 1 saturated heterocycles. The van der Waals surface area contributed by atoms with Crippen LogP contribution in [0.5, 0.6) is 5.75 Å². The monoisotopic (exact) mass is 355 g/mol. The molecular formula is C20H22FN3O2. The van der Waals surface area contributed by atoms with Crippen molar-refractivity contribution in [2.24, 2.45) is 0 Å². The first-order chi connectivity index (χ1) is 12.7. The molecule has 26 heavy (non-hydrogen) atoms. The Balaban J connectivity index is 1.32. The van der Waals surface area contributed by atoms with Crippen LogP contribution in [0.1, 0.15) is 18.9 Å². The van der Waals surface area contributed by atoms with Crippen molar-refractivity contribution in [3.63, 3.8) is 0 Å². The van der Waals surface area contributed by atoms with Crippen molar-refractivity contribution in [1.82, 2.24) is 14.5 Å². The standard InChI is InChI=1S/C20H22FN3O2/c21-15-4-3-5-17(14-15)26-13-12-23-10-8-16(9-11-23)24-19-7-2-1-6-18(19)22-20(24)25/h1-7,14,16H,8-13H2,(H,22,25). The van der Waals surface area contributed by atoms with Crippen molar-refractivity contribution < 1.29 is 9.13 Å². The van der Waals surface area contributed by atoms with Gasteiger partial charge < -0.3 is 9.72 Å². The van der Waals surface area contributed by atoms with Crippen LogP contribution >= 0.6 is 0 Å². The van der Waals surface area contributed by atoms with E-state index in [1.807, 2.05) is 28.8 Å². The molecule has 0 radical (unpaired) electrons. The van der Waals surface area contributed by atoms with Gasteiger partial charge in [-0.15, -0.1) is 0 Å². The molecule has 136 valence electrons. The summed E-state index contributed by atoms with van der Waals surface area (Å²) in [6.07, 6.45) is 1.86. The maximum Gasteiger partial charge on any atom is 0.326 e. The third-order valence-corrected chi connectivity index (χ3v) is 5.02. The largest absolute Gasteiger partial charge is 0.492 e. The first-order valence-corrected chi connectivity index (χ1v) is 9.01. The van der Waals surface area contributed by atoms with Gasteiger partial charge in [-0.3, -0.25) is 9.47 Å². The fourth-order valence-electron chi connectivity index (χ4n) is 3.69. The van der Waals surface area contributed by atoms with E-state index in [2.05, 4.69) is 9.88 Å². The first-order valence-electron chi connectivity index (χ1n) is 9.01. The van der Waals surface area contributed by atoms with Crippen LogP contribution in [-0.2, 0) is 0 Å². The predicted octanol–water partition coefficient (Wildman–Crippen LogP) is 3.18. The lowest BCUT2D eigenvalue weighted by Gasteiger charge is -2.32. The number of halogens is 1. The van der Waals surface area contributed by atoms with Crippen molar-refractivity contribution in [2.45, 2.75) is 18.9 Å². The minimum atomic E-state index is -0.285. The molecule has 5 nitrogen and oxygen atoms in total. The van der Waals surface area contributed by atoms with E-state index in [0.717, 1.165) is 43.5 Å². The number of fused-ring (bicyclic) bond motifs is 1. The summed E-state index contributed by atoms with van der Waals surface area (Å²) in [5.74, 6) is 0.276. The third-order valence-electron chi connectivity index (χ3n) is 5.02. The highest BCUT2D eigenvalue weighted by molar-refractivity contribution is 5.75. The normalized spacial score (nSPS) is 16.2. The SMILES string of the molecule is O=c1[nH]c2ccccc2n1C1CCN(CCOc2cccc(F)c2)CC1. The van der Waals surface area contributed by atoms with Crippen molar-refractivity contribution in [2.75, 3.05) is 26.2 Å². The van der Waals surface area contributed by atoms with Crippen molar-refractivity contribution in [3.8, 4) is 5.75 Å². The molecule has 1 aliphatic heterocycles. The number of aromatic nitrogens is 2. The first kappa shape index (κ1) is 16.8. The number of nitrogens with zero attached hydrogens (tertiary/aromatic N) is 2. The smallest absolute Gasteiger partial charge is 0.326 e. The van der Waals surface area contributed by atoms with Gasteiger partial charge in [-0.05, 0) is 37.1 Å². The second-order valence-corrected chi connectivity index (χ2v) is 6.70. The van der Waals surface area contributed by atoms with E-state index in [-0.39, 0.29) is 17.5 Å². The van der Waals surface area contributed by atoms with Gasteiger partial charge in [-0.1, -0.05) is 18.2 Å². The molecule has 6 heteroatoms. The molecular weight excluding hydrogens is 333 g/mol. The van der Waals surface area contributed by atoms with Crippen LogP contribution in [0.25, 0.3) is 11.0 Å². The minimum Gasteiger partial charge on any atom is -0.492 e. The third kappa shape index (κ3) is 3.51. The van der Waals surface area contributed by atoms with Gasteiger partial charge in [0, 0.05) is 31.7 Å². The number of imidazole rings is 1. The van der Waals surface area contributed by atoms with E-state index in [0.29, 0.717) is 12.4 Å². The number of ether oxygens (including phenoxy) is 1. The summed E-state index contributed by atoms with van der Waals surface area (Å²) in [6, 6.07) is 14.3. The number of nitrogens with one attached hydrogen (secondary N) is 1. The highest BCUT2D eigenvalue weighted by Gasteiger charge is 2.23. The number of hydrogen-bond donors (Lipinski definition) is 1. The number of likely N-dealkylation sites (tertiary alicyclic amines) is 1. The van der Waals surface area contributed by atoms with E-state index in [4.69, 9.17) is 4.74 Å². The fraction of sp³-hybridized carbons (Fsp3) is 0.350. The lowest BCUT2D eigenvalue weighted by molar-refractivity contribution is 0.157. The zero-order valence-corrected chi connectivity index (χ0v) is 14.5. The molecule has 3 aromatic rings. The summed E-state index contributed by atoms with van der Waals surface area (Å²) in [5, 5.41) is 0. The quantitative estimate of drug-likeness (QED) is 0.765. The summed E-state index contributed by atoms with van der Waals surface area (Å²) < 4.78 is 20.7. The Kier molecular flexibility index (Phi) is 4.75. The fourth-order valence-corrected chi connectivity index (χ4v) is 3.69. The maximum absolute atomic E-state index is 13.1. The van der Waals surface area contributed by atoms with Crippen LogP contribution in [0.2, 0.25) is 0 Å². The van der Waals surface area contributed by atoms with Gasteiger partial charge in [0.05, 0.1) is 11.0 Å². The molecule has 4 rings (SSSR count). The summed E-state index contributed by atoms with van der Waals surface area (Å²) in [6.45, 7) is 3.17. The van der Waals surface area contributed by atoms with E-state index in [1.54, 1.807) is 12.1 Å². The molecule has 0 atom stereocenters. The van der Waals surface area contributed by atoms with Gasteiger partial charge in [0.1, 0.15) is 18.2 Å². The summed E-state index contributed by atoms with van der Waals surface area (Å²) >= 11 is 0. The Morgan fingerprint density at radius 2 is 1.92 bits per heavy atom. The second-order valence-electron chi connectivity index (χ2n) is 6.70. The molecule has 2 aromatic carbocycles. The molecule has 2 heterocycles. The molecule has 0 spiro atoms. The number of rotatable bonds is 5. The Bertz CT molecular complexity index is 941. The summed E-state index contributed by atoms with van der Waals surface area (Å²) in [4.78, 5) is 17.6. The second kappa shape index (κ2) is 7.33. The average Bonchev–Trinajstić information content (AvgIpc) is 2.98. The molecule has 0 aliphatic carbocycles. The molecule has 0 bridgehead atoms. The van der Waals surface area contributed by atoms with Gasteiger partial charge in [0.2, 0.25) is 0 Å². The van der Waals surface area contributed by atoms with Gasteiger partial charge in [-0.25, -0.2) is 9.18 Å². The van der Waals surface area contributed by atoms with Gasteiger partial charge in [0.25, 0.3) is 0 Å². The average molecular weight is 355 g/mol. The Morgan fingerprint density at radius 1 is 1.12 bits per heavy atom. The summed E-state index contributed by atoms with van der Waals surface area (Å²) in [5.41, 5.74) is 1.84. The van der Waals surface area contributed by atoms with Crippen LogP contribution in [0, 0.1) is 5.82 Å². The van der Waals surface area contributed by atoms with Gasteiger partial charge >= 0.3 is 5.69 Å². The van der Waals surface area contributed by atoms with E-state index >= 15 is 0 Å². The number of benzene rings is 2. The molecule has 0 amide bonds. The van der Waals surface area contributed by atoms with Crippen molar-refractivity contribution in [3.05, 3.63) is 64.8 Å². The van der Waals surface area contributed by atoms with Crippen molar-refractivity contribution in [1.29, 1.82) is 0 Å². The van der Waals surface area contributed by atoms with E-state index in [1.165, 1.54) is 12.1 Å². The highest BCUT2D eigenvalue weighted by Crippen LogP contribution is 2.24. The van der Waals surface area contributed by atoms with E-state index < -0.39 is 0 Å². The molecule has 1 fully saturated rings. The molecule has 1 N–H and O–H groups in total. The summed E-state index contributed by atoms with van der Waals surface area (Å²) in [7, 11) is 0. The topological polar surface area (TPSA) is 50.3 Å². The number of H-pyrrole nitrogens is 1. The van der Waals surface area contributed by atoms with Crippen molar-refractivity contribution >= 4 is 11.0 Å². The minimum absolute atomic E-state index is 0.0286. The van der Waals surface area contributed by atoms with Gasteiger partial charge in [-0.2, -0.15) is 0 Å². The predicted molar refractivity (Wildman–Crippen MR) is 99.2 cm³/mol. The Labute approximate surface area is 151 Å². The van der Waals surface area contributed by atoms with Crippen LogP contribution in [0.3, 0.4) is 0 Å². The molecule has 1 aliphatic rings. The van der Waals surface area contributed by atoms with Crippen LogP contribution in [-0.4, -0.2) is 40.7 Å². The van der Waals surface area contributed by atoms with Crippen LogP contribution < -0.4 is 10.4 Å². The number of para-hydroxylation sites is 2. The maximum atomic E-state index is 13.1. The highest BCUT2D eigenvalue weighted by atomic mass is 19.1. The van der Waals surface area contributed by atoms with Gasteiger partial charge in [0.15, 0.2) is 0 Å². The molecule has 1 aromatic heterocycles. The molecule has 0 saturated carbocycles. The zero-order chi connectivity index (χ0) is 17.9.